The molecule has 0 bridgehead atoms. The maximum Gasteiger partial charge on any atom is 0.0991 e. The van der Waals surface area contributed by atoms with Crippen LogP contribution in [0.3, 0.4) is 0 Å². The Morgan fingerprint density at radius 2 is 1.67 bits per heavy atom. The van der Waals surface area contributed by atoms with Gasteiger partial charge in [-0.15, -0.1) is 0 Å². The van der Waals surface area contributed by atoms with Gasteiger partial charge in [-0.3, -0.25) is 0 Å². The van der Waals surface area contributed by atoms with Crippen LogP contribution in [0.5, 0.6) is 0 Å². The molecule has 3 heteroatoms. The Morgan fingerprint density at radius 1 is 1.00 bits per heavy atom. The van der Waals surface area contributed by atoms with E-state index in [0.29, 0.717) is 17.5 Å². The SMILES string of the molecule is N#Cc1ccc2c(c1)[C@H]1CC[C@@]1(O)c1cc(C#N)ccc1-2. The average Bonchev–Trinajstić information content (AvgIpc) is 2.51. The summed E-state index contributed by atoms with van der Waals surface area (Å²) in [6, 6.07) is 15.5. The summed E-state index contributed by atoms with van der Waals surface area (Å²) >= 11 is 0. The van der Waals surface area contributed by atoms with Crippen LogP contribution < -0.4 is 0 Å². The molecule has 0 heterocycles. The molecule has 1 fully saturated rings. The number of hydrogen-bond donors (Lipinski definition) is 1. The van der Waals surface area contributed by atoms with Crippen LogP contribution >= 0.6 is 0 Å². The maximum absolute atomic E-state index is 11.0. The van der Waals surface area contributed by atoms with E-state index in [-0.39, 0.29) is 5.92 Å². The first-order valence-corrected chi connectivity index (χ1v) is 6.99. The molecular weight excluding hydrogens is 260 g/mol. The summed E-state index contributed by atoms with van der Waals surface area (Å²) < 4.78 is 0. The second kappa shape index (κ2) is 3.95. The predicted molar refractivity (Wildman–Crippen MR) is 77.2 cm³/mol. The Bertz CT molecular complexity index is 856. The van der Waals surface area contributed by atoms with Crippen LogP contribution in [0.15, 0.2) is 36.4 Å². The van der Waals surface area contributed by atoms with Gasteiger partial charge in [0.1, 0.15) is 0 Å². The molecular formula is C18H12N2O. The Labute approximate surface area is 122 Å². The maximum atomic E-state index is 11.0. The van der Waals surface area contributed by atoms with E-state index in [1.165, 1.54) is 0 Å². The van der Waals surface area contributed by atoms with Crippen LogP contribution in [0.1, 0.15) is 41.0 Å². The van der Waals surface area contributed by atoms with Gasteiger partial charge in [-0.05, 0) is 59.4 Å². The summed E-state index contributed by atoms with van der Waals surface area (Å²) in [6.07, 6.45) is 1.62. The topological polar surface area (TPSA) is 67.8 Å². The van der Waals surface area contributed by atoms with Gasteiger partial charge in [0, 0.05) is 5.92 Å². The van der Waals surface area contributed by atoms with E-state index in [1.807, 2.05) is 30.3 Å². The Morgan fingerprint density at radius 3 is 2.29 bits per heavy atom. The van der Waals surface area contributed by atoms with Gasteiger partial charge in [0.2, 0.25) is 0 Å². The van der Waals surface area contributed by atoms with Crippen molar-refractivity contribution in [3.8, 4) is 23.3 Å². The fourth-order valence-electron chi connectivity index (χ4n) is 3.67. The standard InChI is InChI=1S/C18H12N2O/c19-9-11-1-3-13-14-4-2-12(10-20)8-17(14)18(21)6-5-16(18)15(13)7-11/h1-4,7-8,16,21H,5-6H2/t16-,18+/m1/s1. The molecule has 2 aromatic rings. The summed E-state index contributed by atoms with van der Waals surface area (Å²) in [6.45, 7) is 0. The van der Waals surface area contributed by atoms with Gasteiger partial charge in [0.25, 0.3) is 0 Å². The van der Waals surface area contributed by atoms with Crippen molar-refractivity contribution in [1.82, 2.24) is 0 Å². The first kappa shape index (κ1) is 12.1. The Hall–Kier alpha value is -2.62. The van der Waals surface area contributed by atoms with Crippen LogP contribution in [-0.2, 0) is 5.60 Å². The highest BCUT2D eigenvalue weighted by Crippen LogP contribution is 2.59. The van der Waals surface area contributed by atoms with Crippen molar-refractivity contribution in [2.45, 2.75) is 24.4 Å². The van der Waals surface area contributed by atoms with E-state index in [0.717, 1.165) is 28.7 Å². The number of rotatable bonds is 0. The van der Waals surface area contributed by atoms with E-state index in [9.17, 15) is 5.11 Å². The summed E-state index contributed by atoms with van der Waals surface area (Å²) in [5, 5.41) is 29.2. The summed E-state index contributed by atoms with van der Waals surface area (Å²) in [5.74, 6) is 0.0299. The average molecular weight is 272 g/mol. The minimum Gasteiger partial charge on any atom is -0.385 e. The lowest BCUT2D eigenvalue weighted by atomic mass is 9.57. The Balaban J connectivity index is 2.03. The third-order valence-electron chi connectivity index (χ3n) is 4.85. The quantitative estimate of drug-likeness (QED) is 0.800. The minimum atomic E-state index is -0.886. The second-order valence-corrected chi connectivity index (χ2v) is 5.80. The third kappa shape index (κ3) is 1.44. The molecule has 0 aliphatic heterocycles. The number of nitrogens with zero attached hydrogens (tertiary/aromatic N) is 2. The number of fused-ring (bicyclic) bond motifs is 6. The van der Waals surface area contributed by atoms with Gasteiger partial charge < -0.3 is 5.11 Å². The monoisotopic (exact) mass is 272 g/mol. The molecule has 0 amide bonds. The molecule has 0 saturated heterocycles. The molecule has 3 nitrogen and oxygen atoms in total. The molecule has 0 unspecified atom stereocenters. The first-order valence-electron chi connectivity index (χ1n) is 6.99. The number of nitriles is 2. The molecule has 2 atom stereocenters. The van der Waals surface area contributed by atoms with Crippen LogP contribution in [0.2, 0.25) is 0 Å². The molecule has 1 saturated carbocycles. The zero-order chi connectivity index (χ0) is 14.6. The van der Waals surface area contributed by atoms with Crippen LogP contribution in [0.25, 0.3) is 11.1 Å². The van der Waals surface area contributed by atoms with Gasteiger partial charge in [-0.2, -0.15) is 10.5 Å². The lowest BCUT2D eigenvalue weighted by Gasteiger charge is -2.50. The summed E-state index contributed by atoms with van der Waals surface area (Å²) in [4.78, 5) is 0. The first-order chi connectivity index (χ1) is 10.2. The second-order valence-electron chi connectivity index (χ2n) is 5.80. The molecule has 21 heavy (non-hydrogen) atoms. The molecule has 0 aromatic heterocycles. The summed E-state index contributed by atoms with van der Waals surface area (Å²) in [7, 11) is 0. The van der Waals surface area contributed by atoms with Crippen molar-refractivity contribution in [2.75, 3.05) is 0 Å². The molecule has 0 spiro atoms. The normalized spacial score (nSPS) is 24.6. The van der Waals surface area contributed by atoms with Gasteiger partial charge >= 0.3 is 0 Å². The number of hydrogen-bond acceptors (Lipinski definition) is 3. The predicted octanol–water partition coefficient (Wildman–Crippen LogP) is 3.18. The van der Waals surface area contributed by atoms with Crippen molar-refractivity contribution in [2.24, 2.45) is 0 Å². The minimum absolute atomic E-state index is 0.0299. The molecule has 2 aliphatic carbocycles. The lowest BCUT2D eigenvalue weighted by molar-refractivity contribution is -0.0657. The van der Waals surface area contributed by atoms with Crippen LogP contribution in [0, 0.1) is 22.7 Å². The zero-order valence-corrected chi connectivity index (χ0v) is 11.3. The lowest BCUT2D eigenvalue weighted by Crippen LogP contribution is -2.45. The third-order valence-corrected chi connectivity index (χ3v) is 4.85. The van der Waals surface area contributed by atoms with Crippen molar-refractivity contribution in [3.05, 3.63) is 58.7 Å². The molecule has 4 rings (SSSR count). The number of aliphatic hydroxyl groups is 1. The van der Waals surface area contributed by atoms with Crippen LogP contribution in [-0.4, -0.2) is 5.11 Å². The van der Waals surface area contributed by atoms with Crippen LogP contribution in [0.4, 0.5) is 0 Å². The van der Waals surface area contributed by atoms with E-state index in [4.69, 9.17) is 10.5 Å². The van der Waals surface area contributed by atoms with Crippen molar-refractivity contribution >= 4 is 0 Å². The van der Waals surface area contributed by atoms with E-state index >= 15 is 0 Å². The Kier molecular flexibility index (Phi) is 2.28. The molecule has 2 aromatic carbocycles. The van der Waals surface area contributed by atoms with Crippen molar-refractivity contribution in [1.29, 1.82) is 10.5 Å². The van der Waals surface area contributed by atoms with E-state index in [1.54, 1.807) is 6.07 Å². The molecule has 2 aliphatic rings. The van der Waals surface area contributed by atoms with Gasteiger partial charge in [-0.25, -0.2) is 0 Å². The molecule has 100 valence electrons. The molecule has 0 radical (unpaired) electrons. The van der Waals surface area contributed by atoms with Gasteiger partial charge in [-0.1, -0.05) is 12.1 Å². The van der Waals surface area contributed by atoms with Crippen molar-refractivity contribution < 1.29 is 5.11 Å². The highest BCUT2D eigenvalue weighted by Gasteiger charge is 2.51. The van der Waals surface area contributed by atoms with Gasteiger partial charge in [0.05, 0.1) is 28.9 Å². The van der Waals surface area contributed by atoms with Crippen molar-refractivity contribution in [3.63, 3.8) is 0 Å². The molecule has 1 N–H and O–H groups in total. The smallest absolute Gasteiger partial charge is 0.0991 e. The number of benzene rings is 2. The largest absolute Gasteiger partial charge is 0.385 e. The zero-order valence-electron chi connectivity index (χ0n) is 11.3. The van der Waals surface area contributed by atoms with E-state index in [2.05, 4.69) is 12.1 Å². The van der Waals surface area contributed by atoms with Gasteiger partial charge in [0.15, 0.2) is 0 Å². The summed E-state index contributed by atoms with van der Waals surface area (Å²) in [5.41, 5.74) is 4.28. The highest BCUT2D eigenvalue weighted by molar-refractivity contribution is 5.78. The highest BCUT2D eigenvalue weighted by atomic mass is 16.3. The van der Waals surface area contributed by atoms with E-state index < -0.39 is 5.60 Å². The fourth-order valence-corrected chi connectivity index (χ4v) is 3.67. The fraction of sp³-hybridized carbons (Fsp3) is 0.222.